The molecule has 2 N–H and O–H groups in total. The molecule has 0 aliphatic carbocycles. The fourth-order valence-corrected chi connectivity index (χ4v) is 3.07. The third-order valence-corrected chi connectivity index (χ3v) is 4.55. The Labute approximate surface area is 167 Å². The smallest absolute Gasteiger partial charge is 0.267 e. The number of rotatable bonds is 4. The Morgan fingerprint density at radius 3 is 2.28 bits per heavy atom. The molecule has 2 heterocycles. The lowest BCUT2D eigenvalue weighted by atomic mass is 10.1. The van der Waals surface area contributed by atoms with Gasteiger partial charge in [-0.3, -0.25) is 20.4 Å². The first kappa shape index (κ1) is 18.4. The molecule has 144 valence electrons. The highest BCUT2D eigenvalue weighted by Crippen LogP contribution is 2.24. The van der Waals surface area contributed by atoms with Crippen molar-refractivity contribution in [2.24, 2.45) is 0 Å². The van der Waals surface area contributed by atoms with Gasteiger partial charge in [0.05, 0.1) is 22.8 Å². The molecule has 7 heteroatoms. The van der Waals surface area contributed by atoms with Crippen LogP contribution in [0.15, 0.2) is 72.9 Å². The molecule has 0 unspecified atom stereocenters. The molecule has 0 bridgehead atoms. The molecule has 0 aliphatic rings. The molecule has 0 spiro atoms. The summed E-state index contributed by atoms with van der Waals surface area (Å²) in [5.74, 6) is -0.827. The topological polar surface area (TPSA) is 88.9 Å². The summed E-state index contributed by atoms with van der Waals surface area (Å²) in [5, 5.41) is 4.94. The van der Waals surface area contributed by atoms with Crippen molar-refractivity contribution in [2.75, 3.05) is 0 Å². The largest absolute Gasteiger partial charge is 0.270 e. The lowest BCUT2D eigenvalue weighted by Crippen LogP contribution is -2.41. The second kappa shape index (κ2) is 7.93. The van der Waals surface area contributed by atoms with Crippen LogP contribution in [0.4, 0.5) is 0 Å². The van der Waals surface area contributed by atoms with E-state index < -0.39 is 11.8 Å². The van der Waals surface area contributed by atoms with E-state index in [1.54, 1.807) is 41.2 Å². The number of carbonyl (C=O) groups excluding carboxylic acids is 2. The van der Waals surface area contributed by atoms with Gasteiger partial charge in [-0.05, 0) is 25.1 Å². The van der Waals surface area contributed by atoms with Crippen molar-refractivity contribution in [1.82, 2.24) is 25.6 Å². The first-order valence-corrected chi connectivity index (χ1v) is 9.25. The van der Waals surface area contributed by atoms with Crippen LogP contribution in [0.2, 0.25) is 0 Å². The maximum Gasteiger partial charge on any atom is 0.270 e. The predicted octanol–water partition coefficient (Wildman–Crippen LogP) is 3.19. The Bertz CT molecular complexity index is 1170. The van der Waals surface area contributed by atoms with Crippen molar-refractivity contribution in [3.8, 4) is 11.3 Å². The van der Waals surface area contributed by atoms with Gasteiger partial charge in [0.1, 0.15) is 0 Å². The van der Waals surface area contributed by atoms with Crippen molar-refractivity contribution >= 4 is 22.8 Å². The summed E-state index contributed by atoms with van der Waals surface area (Å²) in [6.07, 6.45) is 1.62. The SMILES string of the molecule is CCn1ncc2c(C(=O)NNC(=O)c3ccccc3)cc(-c3ccccc3)nc21. The molecule has 29 heavy (non-hydrogen) atoms. The van der Waals surface area contributed by atoms with Gasteiger partial charge in [-0.2, -0.15) is 5.10 Å². The maximum absolute atomic E-state index is 12.9. The van der Waals surface area contributed by atoms with Crippen LogP contribution in [0.1, 0.15) is 27.6 Å². The maximum atomic E-state index is 12.9. The van der Waals surface area contributed by atoms with Crippen LogP contribution >= 0.6 is 0 Å². The van der Waals surface area contributed by atoms with E-state index in [0.29, 0.717) is 34.4 Å². The fourth-order valence-electron chi connectivity index (χ4n) is 3.07. The predicted molar refractivity (Wildman–Crippen MR) is 110 cm³/mol. The Morgan fingerprint density at radius 2 is 1.59 bits per heavy atom. The van der Waals surface area contributed by atoms with E-state index in [0.717, 1.165) is 5.56 Å². The summed E-state index contributed by atoms with van der Waals surface area (Å²) in [7, 11) is 0. The van der Waals surface area contributed by atoms with Crippen LogP contribution in [0, 0.1) is 0 Å². The molecule has 0 saturated heterocycles. The number of nitrogens with zero attached hydrogens (tertiary/aromatic N) is 3. The molecule has 2 aromatic heterocycles. The highest BCUT2D eigenvalue weighted by Gasteiger charge is 2.18. The molecule has 0 atom stereocenters. The molecule has 4 rings (SSSR count). The van der Waals surface area contributed by atoms with Gasteiger partial charge in [0.25, 0.3) is 11.8 Å². The van der Waals surface area contributed by atoms with Gasteiger partial charge in [-0.15, -0.1) is 0 Å². The molecule has 4 aromatic rings. The van der Waals surface area contributed by atoms with Crippen LogP contribution in [-0.2, 0) is 6.54 Å². The minimum atomic E-state index is -0.436. The van der Waals surface area contributed by atoms with Crippen molar-refractivity contribution in [3.63, 3.8) is 0 Å². The lowest BCUT2D eigenvalue weighted by molar-refractivity contribution is 0.0847. The Hall–Kier alpha value is -4.00. The number of fused-ring (bicyclic) bond motifs is 1. The number of hydrogen-bond acceptors (Lipinski definition) is 4. The summed E-state index contributed by atoms with van der Waals surface area (Å²) in [6.45, 7) is 2.59. The van der Waals surface area contributed by atoms with E-state index in [1.165, 1.54) is 0 Å². The zero-order valence-electron chi connectivity index (χ0n) is 15.8. The molecule has 0 saturated carbocycles. The van der Waals surface area contributed by atoms with Gasteiger partial charge in [-0.1, -0.05) is 48.5 Å². The second-order valence-electron chi connectivity index (χ2n) is 6.39. The number of aromatic nitrogens is 3. The van der Waals surface area contributed by atoms with E-state index in [4.69, 9.17) is 4.98 Å². The fraction of sp³-hybridized carbons (Fsp3) is 0.0909. The van der Waals surface area contributed by atoms with Crippen molar-refractivity contribution in [1.29, 1.82) is 0 Å². The van der Waals surface area contributed by atoms with Crippen molar-refractivity contribution < 1.29 is 9.59 Å². The standard InChI is InChI=1S/C22H19N5O2/c1-2-27-20-18(14-23-27)17(13-19(24-20)15-9-5-3-6-10-15)22(29)26-25-21(28)16-11-7-4-8-12-16/h3-14H,2H2,1H3,(H,25,28)(H,26,29). The number of hydrazine groups is 1. The number of hydrogen-bond donors (Lipinski definition) is 2. The Balaban J connectivity index is 1.67. The monoisotopic (exact) mass is 385 g/mol. The van der Waals surface area contributed by atoms with E-state index in [9.17, 15) is 9.59 Å². The number of nitrogens with one attached hydrogen (secondary N) is 2. The molecular weight excluding hydrogens is 366 g/mol. The highest BCUT2D eigenvalue weighted by molar-refractivity contribution is 6.07. The molecule has 0 aliphatic heterocycles. The third-order valence-electron chi connectivity index (χ3n) is 4.55. The molecular formula is C22H19N5O2. The van der Waals surface area contributed by atoms with Crippen LogP contribution in [0.5, 0.6) is 0 Å². The van der Waals surface area contributed by atoms with Crippen molar-refractivity contribution in [2.45, 2.75) is 13.5 Å². The molecule has 0 radical (unpaired) electrons. The average molecular weight is 385 g/mol. The third kappa shape index (κ3) is 3.70. The number of amides is 2. The van der Waals surface area contributed by atoms with Gasteiger partial charge >= 0.3 is 0 Å². The number of aryl methyl sites for hydroxylation is 1. The minimum Gasteiger partial charge on any atom is -0.267 e. The Kier molecular flexibility index (Phi) is 5.03. The lowest BCUT2D eigenvalue weighted by Gasteiger charge is -2.10. The summed E-state index contributed by atoms with van der Waals surface area (Å²) in [4.78, 5) is 29.8. The quantitative estimate of drug-likeness (QED) is 0.528. The molecule has 0 fully saturated rings. The number of carbonyl (C=O) groups is 2. The minimum absolute atomic E-state index is 0.391. The van der Waals surface area contributed by atoms with E-state index in [2.05, 4.69) is 16.0 Å². The molecule has 2 aromatic carbocycles. The van der Waals surface area contributed by atoms with Crippen molar-refractivity contribution in [3.05, 3.63) is 84.1 Å². The van der Waals surface area contributed by atoms with Gasteiger partial charge in [-0.25, -0.2) is 9.67 Å². The van der Waals surface area contributed by atoms with Crippen LogP contribution in [0.25, 0.3) is 22.3 Å². The highest BCUT2D eigenvalue weighted by atomic mass is 16.2. The van der Waals surface area contributed by atoms with Gasteiger partial charge < -0.3 is 0 Å². The van der Waals surface area contributed by atoms with E-state index in [1.807, 2.05) is 43.3 Å². The van der Waals surface area contributed by atoms with E-state index >= 15 is 0 Å². The van der Waals surface area contributed by atoms with Gasteiger partial charge in [0, 0.05) is 17.7 Å². The first-order chi connectivity index (χ1) is 14.2. The summed E-state index contributed by atoms with van der Waals surface area (Å²) in [5.41, 5.74) is 7.96. The normalized spacial score (nSPS) is 10.7. The van der Waals surface area contributed by atoms with Crippen LogP contribution in [-0.4, -0.2) is 26.6 Å². The average Bonchev–Trinajstić information content (AvgIpc) is 3.21. The Morgan fingerprint density at radius 1 is 0.931 bits per heavy atom. The molecule has 2 amide bonds. The zero-order chi connectivity index (χ0) is 20.2. The summed E-state index contributed by atoms with van der Waals surface area (Å²) >= 11 is 0. The second-order valence-corrected chi connectivity index (χ2v) is 6.39. The number of benzene rings is 2. The van der Waals surface area contributed by atoms with Gasteiger partial charge in [0.2, 0.25) is 0 Å². The summed E-state index contributed by atoms with van der Waals surface area (Å²) in [6, 6.07) is 20.0. The van der Waals surface area contributed by atoms with E-state index in [-0.39, 0.29) is 0 Å². The zero-order valence-corrected chi connectivity index (χ0v) is 15.8. The first-order valence-electron chi connectivity index (χ1n) is 9.25. The van der Waals surface area contributed by atoms with Crippen LogP contribution in [0.3, 0.4) is 0 Å². The van der Waals surface area contributed by atoms with Gasteiger partial charge in [0.15, 0.2) is 5.65 Å². The van der Waals surface area contributed by atoms with Crippen LogP contribution < -0.4 is 10.9 Å². The number of pyridine rings is 1. The molecule has 7 nitrogen and oxygen atoms in total. The summed E-state index contributed by atoms with van der Waals surface area (Å²) < 4.78 is 1.74.